The average molecular weight is 453 g/mol. The molecule has 4 rings (SSSR count). The fraction of sp³-hybridized carbons (Fsp3) is 0.704. The van der Waals surface area contributed by atoms with E-state index in [1.165, 1.54) is 43.2 Å². The standard InChI is InChI=1S/C27H44N6/c1-21-9-11-24(12-10-21)20-33-25(19-30-26(33)28)8-3-4-14-31-16-17-32(27(31)29)15-13-23-7-5-6-22(2)18-23/h5-7,18,21,24-25,29H,3-4,8-17,19-20H2,1-2H3,(H2,28,30). The third kappa shape index (κ3) is 6.42. The zero-order chi connectivity index (χ0) is 23.2. The van der Waals surface area contributed by atoms with Crippen LogP contribution in [-0.4, -0.2) is 71.9 Å². The van der Waals surface area contributed by atoms with Crippen LogP contribution in [0.15, 0.2) is 29.3 Å². The summed E-state index contributed by atoms with van der Waals surface area (Å²) in [5.41, 5.74) is 8.94. The van der Waals surface area contributed by atoms with Crippen molar-refractivity contribution in [2.24, 2.45) is 22.6 Å². The van der Waals surface area contributed by atoms with Crippen molar-refractivity contribution in [3.63, 3.8) is 0 Å². The Balaban J connectivity index is 1.15. The molecule has 182 valence electrons. The SMILES string of the molecule is Cc1cccc(CCN2CCN(CCCCC3CN=C(N)N3CC3CCC(C)CC3)C2=N)c1. The Kier molecular flexibility index (Phi) is 8.15. The van der Waals surface area contributed by atoms with Gasteiger partial charge in [0.1, 0.15) is 0 Å². The van der Waals surface area contributed by atoms with E-state index in [0.29, 0.717) is 12.0 Å². The summed E-state index contributed by atoms with van der Waals surface area (Å²) < 4.78 is 0. The molecular formula is C27H44N6. The highest BCUT2D eigenvalue weighted by Gasteiger charge is 2.30. The monoisotopic (exact) mass is 452 g/mol. The Morgan fingerprint density at radius 3 is 2.58 bits per heavy atom. The number of nitrogens with one attached hydrogen (secondary N) is 1. The van der Waals surface area contributed by atoms with Gasteiger partial charge in [0.2, 0.25) is 0 Å². The maximum atomic E-state index is 8.60. The number of aliphatic imine (C=N–C) groups is 1. The molecule has 3 N–H and O–H groups in total. The number of hydrogen-bond acceptors (Lipinski definition) is 4. The van der Waals surface area contributed by atoms with Crippen molar-refractivity contribution >= 4 is 11.9 Å². The summed E-state index contributed by atoms with van der Waals surface area (Å²) in [5, 5.41) is 8.60. The van der Waals surface area contributed by atoms with Gasteiger partial charge >= 0.3 is 0 Å². The van der Waals surface area contributed by atoms with Crippen molar-refractivity contribution in [3.8, 4) is 0 Å². The number of guanidine groups is 2. The molecule has 0 aromatic heterocycles. The highest BCUT2D eigenvalue weighted by atomic mass is 15.4. The highest BCUT2D eigenvalue weighted by Crippen LogP contribution is 2.30. The summed E-state index contributed by atoms with van der Waals surface area (Å²) in [5.74, 6) is 3.16. The van der Waals surface area contributed by atoms with E-state index >= 15 is 0 Å². The van der Waals surface area contributed by atoms with E-state index in [1.807, 2.05) is 0 Å². The molecule has 0 radical (unpaired) electrons. The number of nitrogens with two attached hydrogens (primary N) is 1. The van der Waals surface area contributed by atoms with E-state index in [9.17, 15) is 0 Å². The summed E-state index contributed by atoms with van der Waals surface area (Å²) in [6.45, 7) is 10.4. The number of rotatable bonds is 10. The van der Waals surface area contributed by atoms with Gasteiger partial charge in [-0.15, -0.1) is 0 Å². The molecule has 33 heavy (non-hydrogen) atoms. The van der Waals surface area contributed by atoms with Gasteiger partial charge in [-0.3, -0.25) is 10.4 Å². The van der Waals surface area contributed by atoms with Gasteiger partial charge in [0.05, 0.1) is 12.6 Å². The minimum absolute atomic E-state index is 0.480. The van der Waals surface area contributed by atoms with E-state index in [-0.39, 0.29) is 0 Å². The van der Waals surface area contributed by atoms with Gasteiger partial charge in [0.15, 0.2) is 11.9 Å². The molecule has 6 nitrogen and oxygen atoms in total. The van der Waals surface area contributed by atoms with Crippen LogP contribution >= 0.6 is 0 Å². The van der Waals surface area contributed by atoms with Gasteiger partial charge in [-0.1, -0.05) is 49.6 Å². The van der Waals surface area contributed by atoms with Crippen LogP contribution in [0, 0.1) is 24.2 Å². The molecule has 1 aliphatic carbocycles. The molecular weight excluding hydrogens is 408 g/mol. The Hall–Kier alpha value is -2.24. The first-order valence-electron chi connectivity index (χ1n) is 13.2. The van der Waals surface area contributed by atoms with Crippen molar-refractivity contribution in [3.05, 3.63) is 35.4 Å². The molecule has 2 aliphatic heterocycles. The smallest absolute Gasteiger partial charge is 0.193 e. The fourth-order valence-corrected chi connectivity index (χ4v) is 5.76. The molecule has 0 bridgehead atoms. The first kappa shape index (κ1) is 23.9. The number of aryl methyl sites for hydroxylation is 1. The van der Waals surface area contributed by atoms with Crippen molar-refractivity contribution in [1.29, 1.82) is 5.41 Å². The van der Waals surface area contributed by atoms with Crippen molar-refractivity contribution in [2.75, 3.05) is 39.3 Å². The maximum absolute atomic E-state index is 8.60. The molecule has 3 aliphatic rings. The quantitative estimate of drug-likeness (QED) is 0.525. The van der Waals surface area contributed by atoms with Crippen molar-refractivity contribution < 1.29 is 0 Å². The molecule has 2 heterocycles. The third-order valence-corrected chi connectivity index (χ3v) is 8.00. The fourth-order valence-electron chi connectivity index (χ4n) is 5.76. The normalized spacial score (nSPS) is 25.8. The molecule has 0 spiro atoms. The summed E-state index contributed by atoms with van der Waals surface area (Å²) in [6, 6.07) is 9.21. The number of hydrogen-bond donors (Lipinski definition) is 2. The number of unbranched alkanes of at least 4 members (excludes halogenated alkanes) is 1. The number of nitrogens with zero attached hydrogens (tertiary/aromatic N) is 4. The van der Waals surface area contributed by atoms with Gasteiger partial charge in [0.25, 0.3) is 0 Å². The van der Waals surface area contributed by atoms with Gasteiger partial charge in [-0.2, -0.15) is 0 Å². The predicted octanol–water partition coefficient (Wildman–Crippen LogP) is 4.09. The van der Waals surface area contributed by atoms with Gasteiger partial charge in [0, 0.05) is 32.7 Å². The molecule has 2 fully saturated rings. The third-order valence-electron chi connectivity index (χ3n) is 8.00. The van der Waals surface area contributed by atoms with Gasteiger partial charge < -0.3 is 20.4 Å². The lowest BCUT2D eigenvalue weighted by atomic mass is 9.82. The Bertz CT molecular complexity index is 813. The predicted molar refractivity (Wildman–Crippen MR) is 138 cm³/mol. The van der Waals surface area contributed by atoms with Gasteiger partial charge in [-0.05, 0) is 62.8 Å². The first-order chi connectivity index (χ1) is 16.0. The van der Waals surface area contributed by atoms with Crippen molar-refractivity contribution in [1.82, 2.24) is 14.7 Å². The van der Waals surface area contributed by atoms with Crippen LogP contribution in [0.5, 0.6) is 0 Å². The summed E-state index contributed by atoms with van der Waals surface area (Å²) in [7, 11) is 0. The Morgan fingerprint density at radius 1 is 1.06 bits per heavy atom. The zero-order valence-electron chi connectivity index (χ0n) is 20.8. The van der Waals surface area contributed by atoms with Crippen LogP contribution in [0.4, 0.5) is 0 Å². The molecule has 0 amide bonds. The van der Waals surface area contributed by atoms with Crippen LogP contribution in [0.1, 0.15) is 63.0 Å². The van der Waals surface area contributed by atoms with Crippen LogP contribution < -0.4 is 5.73 Å². The minimum Gasteiger partial charge on any atom is -0.370 e. The van der Waals surface area contributed by atoms with Gasteiger partial charge in [-0.25, -0.2) is 0 Å². The second-order valence-corrected chi connectivity index (χ2v) is 10.7. The van der Waals surface area contributed by atoms with E-state index in [4.69, 9.17) is 11.1 Å². The summed E-state index contributed by atoms with van der Waals surface area (Å²) in [4.78, 5) is 11.5. The minimum atomic E-state index is 0.480. The van der Waals surface area contributed by atoms with Crippen LogP contribution in [0.2, 0.25) is 0 Å². The Morgan fingerprint density at radius 2 is 1.82 bits per heavy atom. The molecule has 1 aromatic rings. The average Bonchev–Trinajstić information content (AvgIpc) is 3.33. The summed E-state index contributed by atoms with van der Waals surface area (Å²) >= 11 is 0. The van der Waals surface area contributed by atoms with Crippen LogP contribution in [0.3, 0.4) is 0 Å². The molecule has 1 unspecified atom stereocenters. The number of benzene rings is 1. The largest absolute Gasteiger partial charge is 0.370 e. The Labute approximate surface area is 200 Å². The first-order valence-corrected chi connectivity index (χ1v) is 13.2. The lowest BCUT2D eigenvalue weighted by Gasteiger charge is -2.33. The maximum Gasteiger partial charge on any atom is 0.193 e. The highest BCUT2D eigenvalue weighted by molar-refractivity contribution is 5.80. The molecule has 1 saturated heterocycles. The van der Waals surface area contributed by atoms with E-state index in [1.54, 1.807) is 0 Å². The molecule has 1 aromatic carbocycles. The topological polar surface area (TPSA) is 72.0 Å². The van der Waals surface area contributed by atoms with E-state index in [0.717, 1.165) is 76.3 Å². The van der Waals surface area contributed by atoms with E-state index < -0.39 is 0 Å². The molecule has 1 saturated carbocycles. The second-order valence-electron chi connectivity index (χ2n) is 10.7. The van der Waals surface area contributed by atoms with Crippen molar-refractivity contribution in [2.45, 2.75) is 71.3 Å². The summed E-state index contributed by atoms with van der Waals surface area (Å²) in [6.07, 6.45) is 9.90. The molecule has 6 heteroatoms. The van der Waals surface area contributed by atoms with Crippen LogP contribution in [-0.2, 0) is 6.42 Å². The zero-order valence-corrected chi connectivity index (χ0v) is 20.8. The van der Waals surface area contributed by atoms with Crippen LogP contribution in [0.25, 0.3) is 0 Å². The molecule has 1 atom stereocenters. The lowest BCUT2D eigenvalue weighted by molar-refractivity contribution is 0.211. The lowest BCUT2D eigenvalue weighted by Crippen LogP contribution is -2.44. The van der Waals surface area contributed by atoms with E-state index in [2.05, 4.69) is 57.8 Å². The second kappa shape index (κ2) is 11.3.